The van der Waals surface area contributed by atoms with E-state index >= 15 is 0 Å². The van der Waals surface area contributed by atoms with Crippen LogP contribution in [0.25, 0.3) is 28.3 Å². The van der Waals surface area contributed by atoms with Gasteiger partial charge in [-0.1, -0.05) is 18.2 Å². The van der Waals surface area contributed by atoms with Crippen LogP contribution in [-0.4, -0.2) is 33.2 Å². The van der Waals surface area contributed by atoms with Gasteiger partial charge in [-0.05, 0) is 73.5 Å². The van der Waals surface area contributed by atoms with Crippen LogP contribution < -0.4 is 4.72 Å². The summed E-state index contributed by atoms with van der Waals surface area (Å²) < 4.78 is 29.9. The third-order valence-corrected chi connectivity index (χ3v) is 6.50. The molecule has 3 aromatic heterocycles. The topological polar surface area (TPSA) is 102 Å². The van der Waals surface area contributed by atoms with E-state index in [1.165, 1.54) is 0 Å². The molecule has 8 nitrogen and oxygen atoms in total. The van der Waals surface area contributed by atoms with Crippen LogP contribution in [0.1, 0.15) is 11.1 Å². The zero-order valence-corrected chi connectivity index (χ0v) is 18.8. The molecule has 0 spiro atoms. The number of benzene rings is 2. The van der Waals surface area contributed by atoms with Gasteiger partial charge in [-0.25, -0.2) is 8.42 Å². The van der Waals surface area contributed by atoms with Crippen molar-refractivity contribution in [2.24, 2.45) is 0 Å². The molecule has 0 saturated carbocycles. The largest absolute Gasteiger partial charge is 0.280 e. The van der Waals surface area contributed by atoms with E-state index in [0.29, 0.717) is 22.9 Å². The van der Waals surface area contributed by atoms with Crippen molar-refractivity contribution in [1.82, 2.24) is 24.8 Å². The molecule has 0 fully saturated rings. The SMILES string of the molecule is Cc1cc(C)cc(S(=O)(=O)Nc2ccc(-c3ccc4nnc(-c5ccncc5)n4n3)cc2)c1. The summed E-state index contributed by atoms with van der Waals surface area (Å²) >= 11 is 0. The van der Waals surface area contributed by atoms with Crippen LogP contribution in [0.5, 0.6) is 0 Å². The summed E-state index contributed by atoms with van der Waals surface area (Å²) in [6, 6.07) is 19.7. The molecule has 0 aliphatic rings. The molecule has 0 saturated heterocycles. The van der Waals surface area contributed by atoms with Gasteiger partial charge in [-0.2, -0.15) is 9.61 Å². The average molecular weight is 457 g/mol. The van der Waals surface area contributed by atoms with Crippen LogP contribution in [0.4, 0.5) is 5.69 Å². The zero-order valence-electron chi connectivity index (χ0n) is 18.0. The van der Waals surface area contributed by atoms with E-state index in [0.717, 1.165) is 22.3 Å². The number of hydrogen-bond acceptors (Lipinski definition) is 6. The van der Waals surface area contributed by atoms with E-state index in [1.807, 2.05) is 56.3 Å². The molecule has 5 aromatic rings. The van der Waals surface area contributed by atoms with Crippen LogP contribution >= 0.6 is 0 Å². The Labute approximate surface area is 191 Å². The van der Waals surface area contributed by atoms with Crippen molar-refractivity contribution < 1.29 is 8.42 Å². The van der Waals surface area contributed by atoms with Crippen molar-refractivity contribution in [2.45, 2.75) is 18.7 Å². The predicted octanol–water partition coefficient (Wildman–Crippen LogP) is 4.27. The summed E-state index contributed by atoms with van der Waals surface area (Å²) in [5.74, 6) is 0.618. The van der Waals surface area contributed by atoms with Crippen molar-refractivity contribution >= 4 is 21.4 Å². The van der Waals surface area contributed by atoms with Gasteiger partial charge in [-0.15, -0.1) is 10.2 Å². The van der Waals surface area contributed by atoms with Gasteiger partial charge in [0.2, 0.25) is 0 Å². The Morgan fingerprint density at radius 1 is 0.788 bits per heavy atom. The maximum atomic E-state index is 12.8. The first kappa shape index (κ1) is 20.8. The highest BCUT2D eigenvalue weighted by Crippen LogP contribution is 2.24. The zero-order chi connectivity index (χ0) is 23.0. The summed E-state index contributed by atoms with van der Waals surface area (Å²) in [5, 5.41) is 13.1. The van der Waals surface area contributed by atoms with Crippen LogP contribution in [-0.2, 0) is 10.0 Å². The molecule has 0 aliphatic heterocycles. The summed E-state index contributed by atoms with van der Waals surface area (Å²) in [7, 11) is -3.68. The molecule has 0 atom stereocenters. The van der Waals surface area contributed by atoms with Crippen molar-refractivity contribution in [3.05, 3.63) is 90.3 Å². The number of pyridine rings is 1. The minimum atomic E-state index is -3.68. The van der Waals surface area contributed by atoms with E-state index in [2.05, 4.69) is 25.0 Å². The van der Waals surface area contributed by atoms with Crippen molar-refractivity contribution in [2.75, 3.05) is 4.72 Å². The lowest BCUT2D eigenvalue weighted by Crippen LogP contribution is -2.13. The highest BCUT2D eigenvalue weighted by molar-refractivity contribution is 7.92. The lowest BCUT2D eigenvalue weighted by atomic mass is 10.1. The molecule has 9 heteroatoms. The number of anilines is 1. The van der Waals surface area contributed by atoms with Gasteiger partial charge in [0.25, 0.3) is 10.0 Å². The Kier molecular flexibility index (Phi) is 5.10. The van der Waals surface area contributed by atoms with Crippen LogP contribution in [0.2, 0.25) is 0 Å². The average Bonchev–Trinajstić information content (AvgIpc) is 3.23. The normalized spacial score (nSPS) is 11.6. The Morgan fingerprint density at radius 3 is 2.18 bits per heavy atom. The second-order valence-corrected chi connectivity index (χ2v) is 9.44. The summed E-state index contributed by atoms with van der Waals surface area (Å²) in [5.41, 5.74) is 5.30. The molecule has 3 heterocycles. The van der Waals surface area contributed by atoms with E-state index < -0.39 is 10.0 Å². The fourth-order valence-corrected chi connectivity index (χ4v) is 4.88. The molecule has 2 aromatic carbocycles. The lowest BCUT2D eigenvalue weighted by molar-refractivity contribution is 0.601. The summed E-state index contributed by atoms with van der Waals surface area (Å²) in [6.45, 7) is 3.75. The van der Waals surface area contributed by atoms with E-state index in [4.69, 9.17) is 0 Å². The van der Waals surface area contributed by atoms with Crippen molar-refractivity contribution in [3.8, 4) is 22.6 Å². The third kappa shape index (κ3) is 4.18. The van der Waals surface area contributed by atoms with Gasteiger partial charge in [0, 0.05) is 29.2 Å². The van der Waals surface area contributed by atoms with Gasteiger partial charge in [-0.3, -0.25) is 9.71 Å². The summed E-state index contributed by atoms with van der Waals surface area (Å²) in [6.07, 6.45) is 3.39. The van der Waals surface area contributed by atoms with E-state index in [9.17, 15) is 8.42 Å². The van der Waals surface area contributed by atoms with Crippen molar-refractivity contribution in [3.63, 3.8) is 0 Å². The molecule has 0 amide bonds. The Balaban J connectivity index is 1.44. The molecule has 164 valence electrons. The fourth-order valence-electron chi connectivity index (χ4n) is 3.63. The number of hydrogen-bond donors (Lipinski definition) is 1. The van der Waals surface area contributed by atoms with Crippen LogP contribution in [0.15, 0.2) is 84.0 Å². The predicted molar refractivity (Wildman–Crippen MR) is 126 cm³/mol. The molecule has 0 aliphatic carbocycles. The molecule has 33 heavy (non-hydrogen) atoms. The minimum absolute atomic E-state index is 0.243. The molecule has 0 radical (unpaired) electrons. The van der Waals surface area contributed by atoms with Crippen molar-refractivity contribution in [1.29, 1.82) is 0 Å². The monoisotopic (exact) mass is 456 g/mol. The molecule has 0 bridgehead atoms. The second kappa shape index (κ2) is 8.10. The second-order valence-electron chi connectivity index (χ2n) is 7.75. The quantitative estimate of drug-likeness (QED) is 0.424. The number of sulfonamides is 1. The number of nitrogens with one attached hydrogen (secondary N) is 1. The van der Waals surface area contributed by atoms with Gasteiger partial charge >= 0.3 is 0 Å². The Bertz CT molecular complexity index is 1540. The molecule has 1 N–H and O–H groups in total. The number of fused-ring (bicyclic) bond motifs is 1. The van der Waals surface area contributed by atoms with Gasteiger partial charge in [0.05, 0.1) is 10.6 Å². The maximum absolute atomic E-state index is 12.8. The maximum Gasteiger partial charge on any atom is 0.261 e. The Morgan fingerprint density at radius 2 is 1.48 bits per heavy atom. The molecular formula is C24H20N6O2S. The Hall–Kier alpha value is -4.11. The van der Waals surface area contributed by atoms with Gasteiger partial charge in [0.15, 0.2) is 11.5 Å². The lowest BCUT2D eigenvalue weighted by Gasteiger charge is -2.10. The standard InChI is InChI=1S/C24H20N6O2S/c1-16-13-17(2)15-21(14-16)33(31,32)29-20-5-3-18(4-6-20)22-7-8-23-26-27-24(30(23)28-22)19-9-11-25-12-10-19/h3-15,29H,1-2H3. The molecular weight excluding hydrogens is 436 g/mol. The van der Waals surface area contributed by atoms with E-state index in [1.54, 1.807) is 41.2 Å². The highest BCUT2D eigenvalue weighted by atomic mass is 32.2. The smallest absolute Gasteiger partial charge is 0.261 e. The third-order valence-electron chi connectivity index (χ3n) is 5.14. The highest BCUT2D eigenvalue weighted by Gasteiger charge is 2.16. The molecule has 0 unspecified atom stereocenters. The summed E-state index contributed by atoms with van der Waals surface area (Å²) in [4.78, 5) is 4.28. The fraction of sp³-hybridized carbons (Fsp3) is 0.0833. The number of nitrogens with zero attached hydrogens (tertiary/aromatic N) is 5. The number of aryl methyl sites for hydroxylation is 2. The molecule has 5 rings (SSSR count). The van der Waals surface area contributed by atoms with E-state index in [-0.39, 0.29) is 4.90 Å². The minimum Gasteiger partial charge on any atom is -0.280 e. The van der Waals surface area contributed by atoms with Gasteiger partial charge in [0.1, 0.15) is 0 Å². The van der Waals surface area contributed by atoms with Gasteiger partial charge < -0.3 is 0 Å². The first-order valence-corrected chi connectivity index (χ1v) is 11.7. The first-order valence-electron chi connectivity index (χ1n) is 10.2. The van der Waals surface area contributed by atoms with Crippen LogP contribution in [0.3, 0.4) is 0 Å². The first-order chi connectivity index (χ1) is 15.9. The number of aromatic nitrogens is 5. The number of rotatable bonds is 5. The van der Waals surface area contributed by atoms with Crippen LogP contribution in [0, 0.1) is 13.8 Å².